The van der Waals surface area contributed by atoms with E-state index in [0.29, 0.717) is 0 Å². The number of allylic oxidation sites excluding steroid dienone is 4. The summed E-state index contributed by atoms with van der Waals surface area (Å²) in [6.07, 6.45) is 7.80. The SMILES string of the molecule is C1=CC(c2nc(-c3ccccc3)cc(-c3cccc(-c4ccccc4)c3)n2)CC=C1c1cccc2c1-c1ccccc1C21c2ccccc2-c2oc3ccccc3c21. The van der Waals surface area contributed by atoms with E-state index in [0.717, 1.165) is 46.1 Å². The monoisotopic (exact) mass is 740 g/mol. The Hall–Kier alpha value is -7.36. The van der Waals surface area contributed by atoms with E-state index in [9.17, 15) is 0 Å². The zero-order valence-electron chi connectivity index (χ0n) is 31.6. The Morgan fingerprint density at radius 3 is 1.90 bits per heavy atom. The van der Waals surface area contributed by atoms with Gasteiger partial charge < -0.3 is 4.42 Å². The van der Waals surface area contributed by atoms with Gasteiger partial charge in [-0.25, -0.2) is 9.97 Å². The Labute approximate surface area is 337 Å². The number of para-hydroxylation sites is 1. The minimum absolute atomic E-state index is 0.0282. The third-order valence-corrected chi connectivity index (χ3v) is 12.4. The number of fused-ring (bicyclic) bond motifs is 12. The lowest BCUT2D eigenvalue weighted by Gasteiger charge is -2.30. The quantitative estimate of drug-likeness (QED) is 0.176. The average Bonchev–Trinajstić information content (AvgIpc) is 3.93. The molecule has 1 spiro atoms. The fourth-order valence-electron chi connectivity index (χ4n) is 9.92. The van der Waals surface area contributed by atoms with E-state index in [2.05, 4.69) is 194 Å². The van der Waals surface area contributed by atoms with Crippen molar-refractivity contribution in [3.63, 3.8) is 0 Å². The number of furan rings is 1. The number of benzene rings is 7. The molecular weight excluding hydrogens is 705 g/mol. The van der Waals surface area contributed by atoms with Gasteiger partial charge in [0.2, 0.25) is 0 Å². The first-order valence-electron chi connectivity index (χ1n) is 20.1. The Morgan fingerprint density at radius 1 is 0.500 bits per heavy atom. The molecule has 0 saturated carbocycles. The van der Waals surface area contributed by atoms with Crippen LogP contribution in [0.1, 0.15) is 46.0 Å². The van der Waals surface area contributed by atoms with Gasteiger partial charge >= 0.3 is 0 Å². The van der Waals surface area contributed by atoms with Crippen LogP contribution < -0.4 is 0 Å². The second-order valence-corrected chi connectivity index (χ2v) is 15.5. The number of rotatable bonds is 5. The summed E-state index contributed by atoms with van der Waals surface area (Å²) in [6.45, 7) is 0. The smallest absolute Gasteiger partial charge is 0.140 e. The van der Waals surface area contributed by atoms with Gasteiger partial charge in [-0.05, 0) is 74.7 Å². The van der Waals surface area contributed by atoms with Crippen molar-refractivity contribution in [3.8, 4) is 56.1 Å². The second kappa shape index (κ2) is 12.8. The summed E-state index contributed by atoms with van der Waals surface area (Å²) in [5, 5.41) is 1.17. The number of aromatic nitrogens is 2. The van der Waals surface area contributed by atoms with Crippen LogP contribution in [0.15, 0.2) is 205 Å². The van der Waals surface area contributed by atoms with Crippen molar-refractivity contribution in [2.45, 2.75) is 17.8 Å². The molecule has 0 saturated heterocycles. The summed E-state index contributed by atoms with van der Waals surface area (Å²) in [7, 11) is 0. The predicted molar refractivity (Wildman–Crippen MR) is 235 cm³/mol. The maximum absolute atomic E-state index is 6.72. The minimum Gasteiger partial charge on any atom is -0.456 e. The van der Waals surface area contributed by atoms with Crippen molar-refractivity contribution in [1.29, 1.82) is 0 Å². The minimum atomic E-state index is -0.484. The molecule has 3 nitrogen and oxygen atoms in total. The molecule has 58 heavy (non-hydrogen) atoms. The lowest BCUT2D eigenvalue weighted by molar-refractivity contribution is 0.628. The number of hydrogen-bond donors (Lipinski definition) is 0. The molecule has 3 aliphatic carbocycles. The van der Waals surface area contributed by atoms with Gasteiger partial charge in [-0.15, -0.1) is 0 Å². The molecule has 2 atom stereocenters. The Kier molecular flexibility index (Phi) is 7.27. The van der Waals surface area contributed by atoms with Crippen LogP contribution in [0.4, 0.5) is 0 Å². The summed E-state index contributed by atoms with van der Waals surface area (Å²) in [5.41, 5.74) is 18.2. The van der Waals surface area contributed by atoms with Crippen LogP contribution in [0.25, 0.3) is 72.6 Å². The van der Waals surface area contributed by atoms with Crippen molar-refractivity contribution >= 4 is 16.5 Å². The zero-order valence-corrected chi connectivity index (χ0v) is 31.6. The van der Waals surface area contributed by atoms with E-state index >= 15 is 0 Å². The molecule has 7 aromatic carbocycles. The maximum atomic E-state index is 6.72. The normalized spacial score (nSPS) is 17.2. The topological polar surface area (TPSA) is 38.9 Å². The first-order valence-corrected chi connectivity index (χ1v) is 20.1. The highest BCUT2D eigenvalue weighted by atomic mass is 16.3. The van der Waals surface area contributed by atoms with E-state index in [1.54, 1.807) is 0 Å². The summed E-state index contributed by atoms with van der Waals surface area (Å²) >= 11 is 0. The molecule has 0 radical (unpaired) electrons. The summed E-state index contributed by atoms with van der Waals surface area (Å²) in [5.74, 6) is 1.84. The standard InChI is InChI=1S/C55H36N2O/c1-3-15-35(16-4-1)39-19-13-20-40(33-39)49-34-48(37-17-5-2-6-18-37)56-54(57-49)38-31-29-36(30-32-38)41-24-14-27-47-51(41)42-21-7-10-25-45(42)55(47)46-26-11-8-22-43(46)53-52(55)44-23-9-12-28-50(44)58-53/h1-31,33-34,38H,32H2. The van der Waals surface area contributed by atoms with Crippen LogP contribution in [0.2, 0.25) is 0 Å². The van der Waals surface area contributed by atoms with Gasteiger partial charge in [0.1, 0.15) is 17.2 Å². The molecule has 0 fully saturated rings. The van der Waals surface area contributed by atoms with Crippen molar-refractivity contribution < 1.29 is 4.42 Å². The molecule has 2 heterocycles. The van der Waals surface area contributed by atoms with Gasteiger partial charge in [0.05, 0.1) is 16.8 Å². The predicted octanol–water partition coefficient (Wildman–Crippen LogP) is 13.7. The van der Waals surface area contributed by atoms with Gasteiger partial charge in [-0.2, -0.15) is 0 Å². The zero-order chi connectivity index (χ0) is 38.2. The molecule has 0 aliphatic heterocycles. The van der Waals surface area contributed by atoms with E-state index in [-0.39, 0.29) is 5.92 Å². The number of hydrogen-bond acceptors (Lipinski definition) is 3. The van der Waals surface area contributed by atoms with Crippen LogP contribution in [-0.4, -0.2) is 9.97 Å². The highest BCUT2D eigenvalue weighted by molar-refractivity contribution is 6.04. The van der Waals surface area contributed by atoms with Crippen molar-refractivity contribution in [2.24, 2.45) is 0 Å². The average molecular weight is 741 g/mol. The lowest BCUT2D eigenvalue weighted by atomic mass is 9.70. The molecule has 0 bridgehead atoms. The second-order valence-electron chi connectivity index (χ2n) is 15.5. The van der Waals surface area contributed by atoms with Crippen molar-refractivity contribution in [1.82, 2.24) is 9.97 Å². The molecule has 2 aromatic heterocycles. The van der Waals surface area contributed by atoms with Crippen LogP contribution in [0, 0.1) is 0 Å². The van der Waals surface area contributed by atoms with E-state index in [4.69, 9.17) is 14.4 Å². The van der Waals surface area contributed by atoms with Gasteiger partial charge in [0.25, 0.3) is 0 Å². The summed E-state index contributed by atoms with van der Waals surface area (Å²) in [6, 6.07) is 65.0. The summed E-state index contributed by atoms with van der Waals surface area (Å²) in [4.78, 5) is 10.5. The molecule has 0 amide bonds. The maximum Gasteiger partial charge on any atom is 0.140 e. The molecular formula is C55H36N2O. The largest absolute Gasteiger partial charge is 0.456 e. The Balaban J connectivity index is 0.968. The Morgan fingerprint density at radius 2 is 1.10 bits per heavy atom. The number of nitrogens with zero attached hydrogens (tertiary/aromatic N) is 2. The molecule has 3 heteroatoms. The molecule has 272 valence electrons. The van der Waals surface area contributed by atoms with E-state index < -0.39 is 5.41 Å². The van der Waals surface area contributed by atoms with Crippen LogP contribution in [-0.2, 0) is 5.41 Å². The van der Waals surface area contributed by atoms with Crippen molar-refractivity contribution in [3.05, 3.63) is 234 Å². The van der Waals surface area contributed by atoms with Crippen molar-refractivity contribution in [2.75, 3.05) is 0 Å². The van der Waals surface area contributed by atoms with Gasteiger partial charge in [-0.3, -0.25) is 0 Å². The first-order chi connectivity index (χ1) is 28.8. The van der Waals surface area contributed by atoms with Crippen LogP contribution >= 0.6 is 0 Å². The molecule has 3 aliphatic rings. The third-order valence-electron chi connectivity index (χ3n) is 12.4. The molecule has 12 rings (SSSR count). The lowest BCUT2D eigenvalue weighted by Crippen LogP contribution is -2.25. The van der Waals surface area contributed by atoms with Crippen LogP contribution in [0.5, 0.6) is 0 Å². The van der Waals surface area contributed by atoms with Gasteiger partial charge in [-0.1, -0.05) is 182 Å². The fourth-order valence-corrected chi connectivity index (χ4v) is 9.92. The first kappa shape index (κ1) is 32.8. The highest BCUT2D eigenvalue weighted by Gasteiger charge is 2.54. The molecule has 9 aromatic rings. The highest BCUT2D eigenvalue weighted by Crippen LogP contribution is 2.65. The van der Waals surface area contributed by atoms with Gasteiger partial charge in [0, 0.05) is 33.6 Å². The third kappa shape index (κ3) is 4.80. The van der Waals surface area contributed by atoms with Crippen LogP contribution in [0.3, 0.4) is 0 Å². The van der Waals surface area contributed by atoms with E-state index in [1.807, 2.05) is 6.07 Å². The van der Waals surface area contributed by atoms with E-state index in [1.165, 1.54) is 66.6 Å². The molecule has 0 N–H and O–H groups in total. The fraction of sp³-hybridized carbons (Fsp3) is 0.0545. The van der Waals surface area contributed by atoms with Gasteiger partial charge in [0.15, 0.2) is 0 Å². The molecule has 2 unspecified atom stereocenters. The summed E-state index contributed by atoms with van der Waals surface area (Å²) < 4.78 is 6.72. The Bertz CT molecular complexity index is 3150.